The molecule has 17 heavy (non-hydrogen) atoms. The number of ether oxygens (including phenoxy) is 2. The van der Waals surface area contributed by atoms with Crippen LogP contribution < -0.4 is 4.74 Å². The Kier molecular flexibility index (Phi) is 4.23. The Labute approximate surface area is 101 Å². The van der Waals surface area contributed by atoms with Crippen LogP contribution in [-0.2, 0) is 4.74 Å². The average Bonchev–Trinajstić information content (AvgIpc) is 2.24. The third-order valence-corrected chi connectivity index (χ3v) is 2.11. The monoisotopic (exact) mass is 240 g/mol. The van der Waals surface area contributed by atoms with E-state index in [-0.39, 0.29) is 29.3 Å². The summed E-state index contributed by atoms with van der Waals surface area (Å²) < 4.78 is 23.5. The van der Waals surface area contributed by atoms with Crippen molar-refractivity contribution in [1.82, 2.24) is 0 Å². The minimum atomic E-state index is -0.547. The second kappa shape index (κ2) is 5.27. The van der Waals surface area contributed by atoms with E-state index in [4.69, 9.17) is 9.47 Å². The Balaban J connectivity index is 2.73. The molecule has 4 heteroatoms. The molecule has 0 spiro atoms. The van der Waals surface area contributed by atoms with Crippen molar-refractivity contribution in [3.8, 4) is 5.75 Å². The molecule has 0 saturated carbocycles. The van der Waals surface area contributed by atoms with Gasteiger partial charge >= 0.3 is 0 Å². The first-order valence-electron chi connectivity index (χ1n) is 5.34. The standard InChI is InChI=1S/C13H17FO3/c1-13(2,3)17-8-11(15)9-5-6-12(16-4)10(14)7-9/h5-7H,8H2,1-4H3. The quantitative estimate of drug-likeness (QED) is 0.759. The van der Waals surface area contributed by atoms with Crippen LogP contribution in [-0.4, -0.2) is 25.1 Å². The van der Waals surface area contributed by atoms with Gasteiger partial charge in [0.25, 0.3) is 0 Å². The van der Waals surface area contributed by atoms with Gasteiger partial charge in [-0.2, -0.15) is 0 Å². The largest absolute Gasteiger partial charge is 0.494 e. The van der Waals surface area contributed by atoms with E-state index in [9.17, 15) is 9.18 Å². The number of carbonyl (C=O) groups is 1. The molecule has 0 aliphatic rings. The van der Waals surface area contributed by atoms with Gasteiger partial charge in [0.05, 0.1) is 12.7 Å². The number of carbonyl (C=O) groups excluding carboxylic acids is 1. The van der Waals surface area contributed by atoms with Gasteiger partial charge in [0.15, 0.2) is 17.3 Å². The maximum atomic E-state index is 13.4. The molecule has 94 valence electrons. The summed E-state index contributed by atoms with van der Waals surface area (Å²) in [6.45, 7) is 5.51. The van der Waals surface area contributed by atoms with Crippen molar-refractivity contribution >= 4 is 5.78 Å². The van der Waals surface area contributed by atoms with Crippen molar-refractivity contribution in [2.24, 2.45) is 0 Å². The van der Waals surface area contributed by atoms with Gasteiger partial charge in [0.1, 0.15) is 6.61 Å². The summed E-state index contributed by atoms with van der Waals surface area (Å²) in [4.78, 5) is 11.7. The second-order valence-corrected chi connectivity index (χ2v) is 4.67. The third kappa shape index (κ3) is 4.15. The second-order valence-electron chi connectivity index (χ2n) is 4.67. The third-order valence-electron chi connectivity index (χ3n) is 2.11. The molecule has 0 aliphatic carbocycles. The molecule has 0 N–H and O–H groups in total. The summed E-state index contributed by atoms with van der Waals surface area (Å²) in [5.74, 6) is -0.672. The first kappa shape index (κ1) is 13.6. The number of halogens is 1. The first-order chi connectivity index (χ1) is 7.83. The number of ketones is 1. The molecule has 0 amide bonds. The maximum absolute atomic E-state index is 13.4. The van der Waals surface area contributed by atoms with Crippen molar-refractivity contribution in [1.29, 1.82) is 0 Å². The molecule has 0 heterocycles. The molecule has 1 aromatic carbocycles. The van der Waals surface area contributed by atoms with E-state index in [0.29, 0.717) is 0 Å². The van der Waals surface area contributed by atoms with E-state index >= 15 is 0 Å². The van der Waals surface area contributed by atoms with Gasteiger partial charge in [-0.3, -0.25) is 4.79 Å². The number of hydrogen-bond donors (Lipinski definition) is 0. The topological polar surface area (TPSA) is 35.5 Å². The number of hydrogen-bond acceptors (Lipinski definition) is 3. The SMILES string of the molecule is COc1ccc(C(=O)COC(C)(C)C)cc1F. The van der Waals surface area contributed by atoms with Crippen LogP contribution in [0.1, 0.15) is 31.1 Å². The summed E-state index contributed by atoms with van der Waals surface area (Å²) in [5.41, 5.74) is -0.103. The molecule has 0 aromatic heterocycles. The maximum Gasteiger partial charge on any atom is 0.188 e. The highest BCUT2D eigenvalue weighted by atomic mass is 19.1. The van der Waals surface area contributed by atoms with E-state index < -0.39 is 5.82 Å². The predicted octanol–water partition coefficient (Wildman–Crippen LogP) is 2.83. The summed E-state index contributed by atoms with van der Waals surface area (Å²) in [6.07, 6.45) is 0. The zero-order valence-electron chi connectivity index (χ0n) is 10.5. The molecule has 0 radical (unpaired) electrons. The predicted molar refractivity (Wildman–Crippen MR) is 63.0 cm³/mol. The van der Waals surface area contributed by atoms with Crippen LogP contribution in [0.25, 0.3) is 0 Å². The minimum absolute atomic E-state index is 0.0602. The lowest BCUT2D eigenvalue weighted by Crippen LogP contribution is -2.23. The summed E-state index contributed by atoms with van der Waals surface area (Å²) >= 11 is 0. The van der Waals surface area contributed by atoms with Crippen LogP contribution in [0.2, 0.25) is 0 Å². The number of Topliss-reactive ketones (excluding diaryl/α,β-unsaturated/α-hetero) is 1. The number of rotatable bonds is 4. The Hall–Kier alpha value is -1.42. The van der Waals surface area contributed by atoms with Crippen molar-refractivity contribution in [3.63, 3.8) is 0 Å². The summed E-state index contributed by atoms with van der Waals surface area (Å²) in [5, 5.41) is 0. The Morgan fingerprint density at radius 1 is 1.35 bits per heavy atom. The fraction of sp³-hybridized carbons (Fsp3) is 0.462. The lowest BCUT2D eigenvalue weighted by atomic mass is 10.1. The van der Waals surface area contributed by atoms with Crippen LogP contribution in [0.3, 0.4) is 0 Å². The molecule has 0 bridgehead atoms. The van der Waals surface area contributed by atoms with Crippen molar-refractivity contribution in [2.75, 3.05) is 13.7 Å². The van der Waals surface area contributed by atoms with Crippen LogP contribution in [0.5, 0.6) is 5.75 Å². The molecule has 1 aromatic rings. The molecule has 3 nitrogen and oxygen atoms in total. The number of benzene rings is 1. The highest BCUT2D eigenvalue weighted by Crippen LogP contribution is 2.18. The summed E-state index contributed by atoms with van der Waals surface area (Å²) in [6, 6.07) is 4.11. The molecule has 0 unspecified atom stereocenters. The van der Waals surface area contributed by atoms with E-state index in [1.54, 1.807) is 0 Å². The van der Waals surface area contributed by atoms with Gasteiger partial charge in [-0.25, -0.2) is 4.39 Å². The summed E-state index contributed by atoms with van der Waals surface area (Å²) in [7, 11) is 1.38. The van der Waals surface area contributed by atoms with Gasteiger partial charge in [-0.15, -0.1) is 0 Å². The molecule has 0 atom stereocenters. The lowest BCUT2D eigenvalue weighted by Gasteiger charge is -2.18. The van der Waals surface area contributed by atoms with Crippen LogP contribution in [0.15, 0.2) is 18.2 Å². The molecule has 1 rings (SSSR count). The normalized spacial score (nSPS) is 11.4. The van der Waals surface area contributed by atoms with Crippen LogP contribution in [0, 0.1) is 5.82 Å². The molecule has 0 aliphatic heterocycles. The van der Waals surface area contributed by atoms with E-state index in [0.717, 1.165) is 6.07 Å². The molecular formula is C13H17FO3. The Morgan fingerprint density at radius 2 is 2.00 bits per heavy atom. The molecule has 0 fully saturated rings. The van der Waals surface area contributed by atoms with Crippen LogP contribution >= 0.6 is 0 Å². The van der Waals surface area contributed by atoms with Gasteiger partial charge in [0.2, 0.25) is 0 Å². The van der Waals surface area contributed by atoms with Crippen molar-refractivity contribution in [2.45, 2.75) is 26.4 Å². The van der Waals surface area contributed by atoms with Gasteiger partial charge in [-0.05, 0) is 39.0 Å². The molecule has 0 saturated heterocycles. The van der Waals surface area contributed by atoms with E-state index in [2.05, 4.69) is 0 Å². The molecular weight excluding hydrogens is 223 g/mol. The van der Waals surface area contributed by atoms with Crippen LogP contribution in [0.4, 0.5) is 4.39 Å². The highest BCUT2D eigenvalue weighted by molar-refractivity contribution is 5.97. The Morgan fingerprint density at radius 3 is 2.47 bits per heavy atom. The van der Waals surface area contributed by atoms with E-state index in [1.807, 2.05) is 20.8 Å². The zero-order valence-corrected chi connectivity index (χ0v) is 10.5. The van der Waals surface area contributed by atoms with Gasteiger partial charge in [-0.1, -0.05) is 0 Å². The minimum Gasteiger partial charge on any atom is -0.494 e. The first-order valence-corrected chi connectivity index (χ1v) is 5.34. The van der Waals surface area contributed by atoms with Crippen molar-refractivity contribution in [3.05, 3.63) is 29.6 Å². The number of methoxy groups -OCH3 is 1. The lowest BCUT2D eigenvalue weighted by molar-refractivity contribution is 0.00305. The van der Waals surface area contributed by atoms with Gasteiger partial charge in [0, 0.05) is 5.56 Å². The fourth-order valence-electron chi connectivity index (χ4n) is 1.21. The fourth-order valence-corrected chi connectivity index (χ4v) is 1.21. The average molecular weight is 240 g/mol. The van der Waals surface area contributed by atoms with E-state index in [1.165, 1.54) is 19.2 Å². The smallest absolute Gasteiger partial charge is 0.188 e. The zero-order chi connectivity index (χ0) is 13.1. The van der Waals surface area contributed by atoms with Gasteiger partial charge < -0.3 is 9.47 Å². The van der Waals surface area contributed by atoms with Crippen molar-refractivity contribution < 1.29 is 18.7 Å². The highest BCUT2D eigenvalue weighted by Gasteiger charge is 2.15. The Bertz CT molecular complexity index is 408.